The summed E-state index contributed by atoms with van der Waals surface area (Å²) in [5.74, 6) is -1.40. The number of carbonyl (C=O) groups excluding carboxylic acids is 2. The van der Waals surface area contributed by atoms with Gasteiger partial charge in [0.15, 0.2) is 0 Å². The summed E-state index contributed by atoms with van der Waals surface area (Å²) in [6, 6.07) is 9.18. The van der Waals surface area contributed by atoms with Gasteiger partial charge in [-0.25, -0.2) is 0 Å². The van der Waals surface area contributed by atoms with Crippen molar-refractivity contribution in [2.24, 2.45) is 5.92 Å². The van der Waals surface area contributed by atoms with E-state index >= 15 is 0 Å². The molecule has 126 valence electrons. The molecule has 7 heteroatoms. The maximum atomic E-state index is 12.6. The van der Waals surface area contributed by atoms with Crippen LogP contribution in [-0.4, -0.2) is 37.1 Å². The predicted octanol–water partition coefficient (Wildman–Crippen LogP) is 1.88. The number of rotatable bonds is 3. The molecule has 0 radical (unpaired) electrons. The molecular formula is C17H18ClN3O3. The van der Waals surface area contributed by atoms with Crippen LogP contribution in [0.5, 0.6) is 0 Å². The standard InChI is InChI=1S/C17H18ClN3O3/c18-12-2-1-3-13(10-12)21-7-4-14(16(21)23)15(22)20-17(11-19)5-8-24-9-6-17/h1-3,10,14H,4-9H2,(H,20,22). The van der Waals surface area contributed by atoms with Gasteiger partial charge < -0.3 is 15.0 Å². The van der Waals surface area contributed by atoms with Gasteiger partial charge in [0.05, 0.1) is 6.07 Å². The van der Waals surface area contributed by atoms with Crippen molar-refractivity contribution in [2.75, 3.05) is 24.7 Å². The SMILES string of the molecule is N#CC1(NC(=O)C2CCN(c3cccc(Cl)c3)C2=O)CCOCC1. The molecule has 6 nitrogen and oxygen atoms in total. The largest absolute Gasteiger partial charge is 0.381 e. The fraction of sp³-hybridized carbons (Fsp3) is 0.471. The second-order valence-electron chi connectivity index (χ2n) is 6.11. The van der Waals surface area contributed by atoms with Crippen LogP contribution < -0.4 is 10.2 Å². The molecule has 1 atom stereocenters. The molecule has 2 amide bonds. The van der Waals surface area contributed by atoms with Crippen LogP contribution in [0.2, 0.25) is 5.02 Å². The molecule has 0 spiro atoms. The number of nitrogens with one attached hydrogen (secondary N) is 1. The van der Waals surface area contributed by atoms with Crippen molar-refractivity contribution in [3.05, 3.63) is 29.3 Å². The van der Waals surface area contributed by atoms with Crippen molar-refractivity contribution in [1.29, 1.82) is 5.26 Å². The quantitative estimate of drug-likeness (QED) is 0.846. The van der Waals surface area contributed by atoms with E-state index in [-0.39, 0.29) is 11.8 Å². The molecule has 2 fully saturated rings. The number of ether oxygens (including phenoxy) is 1. The van der Waals surface area contributed by atoms with Crippen molar-refractivity contribution in [3.8, 4) is 6.07 Å². The van der Waals surface area contributed by atoms with E-state index in [1.807, 2.05) is 0 Å². The Morgan fingerprint density at radius 1 is 1.42 bits per heavy atom. The van der Waals surface area contributed by atoms with E-state index in [1.54, 1.807) is 29.2 Å². The lowest BCUT2D eigenvalue weighted by atomic mass is 9.90. The summed E-state index contributed by atoms with van der Waals surface area (Å²) in [5.41, 5.74) is -0.247. The molecule has 1 aromatic rings. The van der Waals surface area contributed by atoms with Gasteiger partial charge in [-0.05, 0) is 24.6 Å². The highest BCUT2D eigenvalue weighted by Crippen LogP contribution is 2.28. The molecular weight excluding hydrogens is 330 g/mol. The zero-order chi connectivity index (χ0) is 17.2. The highest BCUT2D eigenvalue weighted by Gasteiger charge is 2.42. The van der Waals surface area contributed by atoms with Crippen LogP contribution in [0.3, 0.4) is 0 Å². The Balaban J connectivity index is 1.71. The molecule has 0 aliphatic carbocycles. The summed E-state index contributed by atoms with van der Waals surface area (Å²) in [7, 11) is 0. The summed E-state index contributed by atoms with van der Waals surface area (Å²) >= 11 is 5.97. The van der Waals surface area contributed by atoms with Crippen molar-refractivity contribution in [2.45, 2.75) is 24.8 Å². The van der Waals surface area contributed by atoms with Crippen LogP contribution >= 0.6 is 11.6 Å². The van der Waals surface area contributed by atoms with Crippen LogP contribution in [-0.2, 0) is 14.3 Å². The molecule has 0 aromatic heterocycles. The van der Waals surface area contributed by atoms with Crippen molar-refractivity contribution < 1.29 is 14.3 Å². The van der Waals surface area contributed by atoms with Crippen LogP contribution in [0.1, 0.15) is 19.3 Å². The van der Waals surface area contributed by atoms with Gasteiger partial charge in [0, 0.05) is 43.3 Å². The number of carbonyl (C=O) groups is 2. The van der Waals surface area contributed by atoms with Gasteiger partial charge in [0.1, 0.15) is 11.5 Å². The van der Waals surface area contributed by atoms with Crippen LogP contribution in [0.15, 0.2) is 24.3 Å². The number of nitrogens with zero attached hydrogens (tertiary/aromatic N) is 2. The number of hydrogen-bond acceptors (Lipinski definition) is 4. The van der Waals surface area contributed by atoms with E-state index in [4.69, 9.17) is 16.3 Å². The lowest BCUT2D eigenvalue weighted by Gasteiger charge is -2.32. The van der Waals surface area contributed by atoms with E-state index in [9.17, 15) is 14.9 Å². The van der Waals surface area contributed by atoms with Crippen molar-refractivity contribution in [3.63, 3.8) is 0 Å². The van der Waals surface area contributed by atoms with Gasteiger partial charge in [0.2, 0.25) is 11.8 Å². The molecule has 2 aliphatic rings. The number of benzene rings is 1. The normalized spacial score (nSPS) is 22.9. The molecule has 24 heavy (non-hydrogen) atoms. The number of amides is 2. The molecule has 2 heterocycles. The summed E-state index contributed by atoms with van der Waals surface area (Å²) in [4.78, 5) is 26.7. The van der Waals surface area contributed by atoms with E-state index in [1.165, 1.54) is 0 Å². The average Bonchev–Trinajstić information content (AvgIpc) is 2.97. The van der Waals surface area contributed by atoms with E-state index in [0.29, 0.717) is 49.7 Å². The number of anilines is 1. The van der Waals surface area contributed by atoms with Gasteiger partial charge >= 0.3 is 0 Å². The second-order valence-corrected chi connectivity index (χ2v) is 6.54. The third-order valence-electron chi connectivity index (χ3n) is 4.56. The van der Waals surface area contributed by atoms with Gasteiger partial charge in [-0.15, -0.1) is 0 Å². The smallest absolute Gasteiger partial charge is 0.239 e. The summed E-state index contributed by atoms with van der Waals surface area (Å²) in [5, 5.41) is 12.8. The summed E-state index contributed by atoms with van der Waals surface area (Å²) < 4.78 is 5.25. The topological polar surface area (TPSA) is 82.4 Å². The minimum absolute atomic E-state index is 0.255. The highest BCUT2D eigenvalue weighted by atomic mass is 35.5. The van der Waals surface area contributed by atoms with Gasteiger partial charge in [0.25, 0.3) is 0 Å². The molecule has 2 saturated heterocycles. The van der Waals surface area contributed by atoms with E-state index in [2.05, 4.69) is 11.4 Å². The van der Waals surface area contributed by atoms with E-state index < -0.39 is 11.5 Å². The van der Waals surface area contributed by atoms with Gasteiger partial charge in [-0.2, -0.15) is 5.26 Å². The molecule has 0 saturated carbocycles. The Morgan fingerprint density at radius 3 is 2.83 bits per heavy atom. The summed E-state index contributed by atoms with van der Waals surface area (Å²) in [6.45, 7) is 1.32. The third-order valence-corrected chi connectivity index (χ3v) is 4.80. The Labute approximate surface area is 145 Å². The number of halogens is 1. The highest BCUT2D eigenvalue weighted by molar-refractivity contribution is 6.31. The Morgan fingerprint density at radius 2 is 2.17 bits per heavy atom. The lowest BCUT2D eigenvalue weighted by Crippen LogP contribution is -2.53. The maximum Gasteiger partial charge on any atom is 0.239 e. The Hall–Kier alpha value is -2.10. The van der Waals surface area contributed by atoms with Crippen molar-refractivity contribution >= 4 is 29.1 Å². The lowest BCUT2D eigenvalue weighted by molar-refractivity contribution is -0.133. The van der Waals surface area contributed by atoms with Gasteiger partial charge in [-0.3, -0.25) is 9.59 Å². The zero-order valence-corrected chi connectivity index (χ0v) is 13.9. The number of hydrogen-bond donors (Lipinski definition) is 1. The minimum Gasteiger partial charge on any atom is -0.381 e. The fourth-order valence-corrected chi connectivity index (χ4v) is 3.32. The molecule has 1 unspecified atom stereocenters. The molecule has 2 aliphatic heterocycles. The average molecular weight is 348 g/mol. The molecule has 1 N–H and O–H groups in total. The van der Waals surface area contributed by atoms with Crippen LogP contribution in [0.25, 0.3) is 0 Å². The fourth-order valence-electron chi connectivity index (χ4n) is 3.13. The zero-order valence-electron chi connectivity index (χ0n) is 13.1. The predicted molar refractivity (Wildman–Crippen MR) is 88.5 cm³/mol. The van der Waals surface area contributed by atoms with Crippen molar-refractivity contribution in [1.82, 2.24) is 5.32 Å². The number of nitriles is 1. The molecule has 3 rings (SSSR count). The third kappa shape index (κ3) is 3.23. The maximum absolute atomic E-state index is 12.6. The summed E-state index contributed by atoms with van der Waals surface area (Å²) in [6.07, 6.45) is 1.30. The molecule has 0 bridgehead atoms. The first kappa shape index (κ1) is 16.7. The Kier molecular flexibility index (Phi) is 4.74. The first-order chi connectivity index (χ1) is 11.5. The van der Waals surface area contributed by atoms with Crippen LogP contribution in [0, 0.1) is 17.2 Å². The monoisotopic (exact) mass is 347 g/mol. The van der Waals surface area contributed by atoms with Gasteiger partial charge in [-0.1, -0.05) is 17.7 Å². The molecule has 1 aromatic carbocycles. The Bertz CT molecular complexity index is 695. The second kappa shape index (κ2) is 6.80. The van der Waals surface area contributed by atoms with E-state index in [0.717, 1.165) is 0 Å². The first-order valence-corrected chi connectivity index (χ1v) is 8.30. The first-order valence-electron chi connectivity index (χ1n) is 7.93. The van der Waals surface area contributed by atoms with Crippen LogP contribution in [0.4, 0.5) is 5.69 Å². The minimum atomic E-state index is -0.931.